The van der Waals surface area contributed by atoms with Gasteiger partial charge in [-0.15, -0.1) is 0 Å². The summed E-state index contributed by atoms with van der Waals surface area (Å²) in [5, 5.41) is 12.2. The van der Waals surface area contributed by atoms with Crippen LogP contribution in [0.3, 0.4) is 0 Å². The summed E-state index contributed by atoms with van der Waals surface area (Å²) in [6.45, 7) is 2.82. The molecule has 5 heteroatoms. The molecule has 1 amide bonds. The summed E-state index contributed by atoms with van der Waals surface area (Å²) in [5.41, 5.74) is 3.97. The molecule has 1 aromatic rings. The maximum atomic E-state index is 12.3. The first kappa shape index (κ1) is 17.0. The lowest BCUT2D eigenvalue weighted by atomic mass is 9.89. The predicted octanol–water partition coefficient (Wildman–Crippen LogP) is 2.29. The van der Waals surface area contributed by atoms with Crippen LogP contribution in [0.2, 0.25) is 0 Å². The lowest BCUT2D eigenvalue weighted by Gasteiger charge is -2.23. The fraction of sp³-hybridized carbons (Fsp3) is 0.579. The Morgan fingerprint density at radius 2 is 2.00 bits per heavy atom. The fourth-order valence-corrected chi connectivity index (χ4v) is 3.87. The van der Waals surface area contributed by atoms with Gasteiger partial charge in [-0.25, -0.2) is 0 Å². The standard InChI is InChI=1S/C19H26N2O3/c1-13(15-9-8-14-5-2-3-6-16(14)11-15)20-18(22)12-21-10-4-7-17(21)19(23)24/h8-9,11,13,17H,2-7,10,12H2,1H3,(H,20,22)(H,23,24)/t13?,17-/m0/s1. The van der Waals surface area contributed by atoms with Crippen molar-refractivity contribution >= 4 is 11.9 Å². The molecule has 0 saturated carbocycles. The number of amides is 1. The summed E-state index contributed by atoms with van der Waals surface area (Å²) in [6.07, 6.45) is 6.25. The summed E-state index contributed by atoms with van der Waals surface area (Å²) in [5.74, 6) is -0.934. The highest BCUT2D eigenvalue weighted by Gasteiger charge is 2.31. The number of nitrogens with one attached hydrogen (secondary N) is 1. The minimum atomic E-state index is -0.831. The monoisotopic (exact) mass is 330 g/mol. The molecule has 3 rings (SSSR count). The van der Waals surface area contributed by atoms with E-state index in [0.29, 0.717) is 13.0 Å². The van der Waals surface area contributed by atoms with Gasteiger partial charge < -0.3 is 10.4 Å². The van der Waals surface area contributed by atoms with E-state index in [-0.39, 0.29) is 18.5 Å². The van der Waals surface area contributed by atoms with Crippen LogP contribution in [0.15, 0.2) is 18.2 Å². The topological polar surface area (TPSA) is 69.6 Å². The Hall–Kier alpha value is -1.88. The zero-order valence-corrected chi connectivity index (χ0v) is 14.3. The summed E-state index contributed by atoms with van der Waals surface area (Å²) in [4.78, 5) is 25.3. The van der Waals surface area contributed by atoms with Gasteiger partial charge in [-0.1, -0.05) is 18.2 Å². The van der Waals surface area contributed by atoms with Crippen molar-refractivity contribution in [2.24, 2.45) is 0 Å². The number of aliphatic carboxylic acids is 1. The molecule has 0 radical (unpaired) electrons. The molecule has 0 bridgehead atoms. The molecule has 2 N–H and O–H groups in total. The molecule has 1 aliphatic heterocycles. The molecule has 1 unspecified atom stereocenters. The number of fused-ring (bicyclic) bond motifs is 1. The number of hydrogen-bond acceptors (Lipinski definition) is 3. The average Bonchev–Trinajstić information content (AvgIpc) is 3.02. The third kappa shape index (κ3) is 3.78. The van der Waals surface area contributed by atoms with Crippen LogP contribution in [0.4, 0.5) is 0 Å². The Kier molecular flexibility index (Phi) is 5.19. The van der Waals surface area contributed by atoms with E-state index >= 15 is 0 Å². The van der Waals surface area contributed by atoms with E-state index < -0.39 is 12.0 Å². The molecule has 2 aliphatic rings. The minimum Gasteiger partial charge on any atom is -0.480 e. The average molecular weight is 330 g/mol. The molecule has 1 saturated heterocycles. The zero-order valence-electron chi connectivity index (χ0n) is 14.3. The van der Waals surface area contributed by atoms with Gasteiger partial charge in [0, 0.05) is 0 Å². The number of carboxylic acid groups (broad SMARTS) is 1. The molecule has 130 valence electrons. The van der Waals surface area contributed by atoms with Gasteiger partial charge >= 0.3 is 5.97 Å². The smallest absolute Gasteiger partial charge is 0.320 e. The van der Waals surface area contributed by atoms with Gasteiger partial charge in [-0.2, -0.15) is 0 Å². The summed E-state index contributed by atoms with van der Waals surface area (Å²) in [6, 6.07) is 5.93. The van der Waals surface area contributed by atoms with Gasteiger partial charge in [0.25, 0.3) is 0 Å². The van der Waals surface area contributed by atoms with Crippen molar-refractivity contribution in [2.45, 2.75) is 57.5 Å². The number of hydrogen-bond donors (Lipinski definition) is 2. The highest BCUT2D eigenvalue weighted by molar-refractivity contribution is 5.80. The highest BCUT2D eigenvalue weighted by Crippen LogP contribution is 2.25. The maximum absolute atomic E-state index is 12.3. The summed E-state index contributed by atoms with van der Waals surface area (Å²) >= 11 is 0. The van der Waals surface area contributed by atoms with Crippen molar-refractivity contribution in [3.05, 3.63) is 34.9 Å². The fourth-order valence-electron chi connectivity index (χ4n) is 3.87. The number of carboxylic acids is 1. The number of rotatable bonds is 5. The van der Waals surface area contributed by atoms with Crippen molar-refractivity contribution in [3.63, 3.8) is 0 Å². The number of nitrogens with zero attached hydrogens (tertiary/aromatic N) is 1. The second-order valence-electron chi connectivity index (χ2n) is 6.99. The van der Waals surface area contributed by atoms with Gasteiger partial charge in [0.05, 0.1) is 12.6 Å². The second kappa shape index (κ2) is 7.34. The van der Waals surface area contributed by atoms with E-state index in [1.165, 1.54) is 24.0 Å². The van der Waals surface area contributed by atoms with Crippen LogP contribution in [0.25, 0.3) is 0 Å². The van der Waals surface area contributed by atoms with E-state index in [9.17, 15) is 14.7 Å². The Bertz CT molecular complexity index is 629. The number of carbonyl (C=O) groups excluding carboxylic acids is 1. The van der Waals surface area contributed by atoms with E-state index in [1.54, 1.807) is 4.90 Å². The van der Waals surface area contributed by atoms with Gasteiger partial charge in [-0.3, -0.25) is 14.5 Å². The normalized spacial score (nSPS) is 22.0. The molecule has 1 fully saturated rings. The second-order valence-corrected chi connectivity index (χ2v) is 6.99. The first-order valence-electron chi connectivity index (χ1n) is 8.92. The van der Waals surface area contributed by atoms with Crippen LogP contribution in [0.5, 0.6) is 0 Å². The Labute approximate surface area is 143 Å². The molecule has 0 spiro atoms. The van der Waals surface area contributed by atoms with Crippen molar-refractivity contribution in [2.75, 3.05) is 13.1 Å². The molecule has 1 heterocycles. The molecular weight excluding hydrogens is 304 g/mol. The minimum absolute atomic E-state index is 0.0596. The van der Waals surface area contributed by atoms with Crippen LogP contribution < -0.4 is 5.32 Å². The molecule has 24 heavy (non-hydrogen) atoms. The summed E-state index contributed by atoms with van der Waals surface area (Å²) < 4.78 is 0. The van der Waals surface area contributed by atoms with Crippen molar-refractivity contribution in [1.29, 1.82) is 0 Å². The zero-order chi connectivity index (χ0) is 17.1. The molecule has 5 nitrogen and oxygen atoms in total. The van der Waals surface area contributed by atoms with E-state index in [0.717, 1.165) is 24.8 Å². The number of aryl methyl sites for hydroxylation is 2. The third-order valence-corrected chi connectivity index (χ3v) is 5.25. The van der Waals surface area contributed by atoms with Crippen LogP contribution in [0, 0.1) is 0 Å². The quantitative estimate of drug-likeness (QED) is 0.869. The van der Waals surface area contributed by atoms with Gasteiger partial charge in [-0.05, 0) is 68.7 Å². The van der Waals surface area contributed by atoms with Crippen LogP contribution in [0.1, 0.15) is 55.3 Å². The number of likely N-dealkylation sites (tertiary alicyclic amines) is 1. The highest BCUT2D eigenvalue weighted by atomic mass is 16.4. The molecule has 0 aromatic heterocycles. The molecule has 1 aromatic carbocycles. The van der Waals surface area contributed by atoms with Gasteiger partial charge in [0.15, 0.2) is 0 Å². The van der Waals surface area contributed by atoms with E-state index in [4.69, 9.17) is 0 Å². The summed E-state index contributed by atoms with van der Waals surface area (Å²) in [7, 11) is 0. The predicted molar refractivity (Wildman–Crippen MR) is 91.9 cm³/mol. The van der Waals surface area contributed by atoms with E-state index in [1.807, 2.05) is 6.92 Å². The third-order valence-electron chi connectivity index (χ3n) is 5.25. The lowest BCUT2D eigenvalue weighted by Crippen LogP contribution is -2.43. The van der Waals surface area contributed by atoms with Crippen molar-refractivity contribution in [3.8, 4) is 0 Å². The van der Waals surface area contributed by atoms with Crippen molar-refractivity contribution < 1.29 is 14.7 Å². The van der Waals surface area contributed by atoms with E-state index in [2.05, 4.69) is 23.5 Å². The Morgan fingerprint density at radius 3 is 2.75 bits per heavy atom. The van der Waals surface area contributed by atoms with Gasteiger partial charge in [0.1, 0.15) is 6.04 Å². The maximum Gasteiger partial charge on any atom is 0.320 e. The molecular formula is C19H26N2O3. The van der Waals surface area contributed by atoms with Crippen LogP contribution in [-0.4, -0.2) is 41.0 Å². The Balaban J connectivity index is 1.59. The number of carbonyl (C=O) groups is 2. The van der Waals surface area contributed by atoms with Gasteiger partial charge in [0.2, 0.25) is 5.91 Å². The van der Waals surface area contributed by atoms with Crippen LogP contribution >= 0.6 is 0 Å². The first-order chi connectivity index (χ1) is 11.5. The Morgan fingerprint density at radius 1 is 1.25 bits per heavy atom. The largest absolute Gasteiger partial charge is 0.480 e. The lowest BCUT2D eigenvalue weighted by molar-refractivity contribution is -0.142. The van der Waals surface area contributed by atoms with Crippen molar-refractivity contribution in [1.82, 2.24) is 10.2 Å². The molecule has 1 aliphatic carbocycles. The SMILES string of the molecule is CC(NC(=O)CN1CCC[C@H]1C(=O)O)c1ccc2c(c1)CCCC2. The molecule has 2 atom stereocenters. The van der Waals surface area contributed by atoms with Crippen LogP contribution in [-0.2, 0) is 22.4 Å². The first-order valence-corrected chi connectivity index (χ1v) is 8.92. The number of benzene rings is 1.